The van der Waals surface area contributed by atoms with Crippen molar-refractivity contribution in [2.75, 3.05) is 13.1 Å². The number of aliphatic hydroxyl groups is 1. The van der Waals surface area contributed by atoms with Crippen molar-refractivity contribution in [3.63, 3.8) is 0 Å². The fourth-order valence-corrected chi connectivity index (χ4v) is 1.93. The first-order valence-electron chi connectivity index (χ1n) is 4.74. The highest BCUT2D eigenvalue weighted by molar-refractivity contribution is 5.77. The average Bonchev–Trinajstić information content (AvgIpc) is 2.66. The fraction of sp³-hybridized carbons (Fsp3) is 0.364. The second kappa shape index (κ2) is 3.52. The Bertz CT molecular complexity index is 343. The molecule has 14 heavy (non-hydrogen) atoms. The minimum Gasteiger partial charge on any atom is -0.384 e. The highest BCUT2D eigenvalue weighted by Gasteiger charge is 2.34. The van der Waals surface area contributed by atoms with Crippen LogP contribution < -0.4 is 5.32 Å². The maximum absolute atomic E-state index is 10.8. The van der Waals surface area contributed by atoms with Gasteiger partial charge in [0.1, 0.15) is 11.9 Å². The normalized spacial score (nSPS) is 26.4. The lowest BCUT2D eigenvalue weighted by Gasteiger charge is -2.23. The summed E-state index contributed by atoms with van der Waals surface area (Å²) in [6.07, 6.45) is 1.46. The number of rotatable bonds is 2. The number of hydrogen-bond acceptors (Lipinski definition) is 3. The van der Waals surface area contributed by atoms with Gasteiger partial charge >= 0.3 is 0 Å². The van der Waals surface area contributed by atoms with Crippen LogP contribution in [0.25, 0.3) is 0 Å². The van der Waals surface area contributed by atoms with Gasteiger partial charge < -0.3 is 10.4 Å². The Kier molecular flexibility index (Phi) is 2.35. The van der Waals surface area contributed by atoms with Gasteiger partial charge in [-0.2, -0.15) is 0 Å². The number of aldehydes is 1. The molecule has 0 aliphatic carbocycles. The molecule has 0 aromatic heterocycles. The summed E-state index contributed by atoms with van der Waals surface area (Å²) < 4.78 is 0. The lowest BCUT2D eigenvalue weighted by Crippen LogP contribution is -2.29. The molecular formula is C11H13NO2. The smallest absolute Gasteiger partial charge is 0.150 e. The molecule has 0 radical (unpaired) electrons. The minimum atomic E-state index is -0.864. The highest BCUT2D eigenvalue weighted by atomic mass is 16.3. The number of carbonyl (C=O) groups is 1. The first-order valence-corrected chi connectivity index (χ1v) is 4.74. The van der Waals surface area contributed by atoms with Crippen molar-refractivity contribution in [3.8, 4) is 0 Å². The molecule has 0 spiro atoms. The molecule has 2 rings (SSSR count). The van der Waals surface area contributed by atoms with E-state index in [2.05, 4.69) is 5.32 Å². The molecule has 1 aliphatic heterocycles. The highest BCUT2D eigenvalue weighted by Crippen LogP contribution is 2.29. The zero-order valence-corrected chi connectivity index (χ0v) is 7.86. The summed E-state index contributed by atoms with van der Waals surface area (Å²) >= 11 is 0. The zero-order valence-electron chi connectivity index (χ0n) is 7.86. The van der Waals surface area contributed by atoms with Crippen molar-refractivity contribution < 1.29 is 9.90 Å². The van der Waals surface area contributed by atoms with E-state index < -0.39 is 5.60 Å². The Labute approximate surface area is 82.8 Å². The summed E-state index contributed by atoms with van der Waals surface area (Å²) in [5.74, 6) is 0. The van der Waals surface area contributed by atoms with Crippen LogP contribution in [-0.2, 0) is 5.60 Å². The SMILES string of the molecule is O=Cc1ccccc1C1(O)CCNC1. The van der Waals surface area contributed by atoms with Crippen LogP contribution in [0, 0.1) is 0 Å². The molecule has 3 nitrogen and oxygen atoms in total. The third-order valence-corrected chi connectivity index (χ3v) is 2.72. The van der Waals surface area contributed by atoms with E-state index in [1.165, 1.54) is 0 Å². The van der Waals surface area contributed by atoms with E-state index in [1.54, 1.807) is 12.1 Å². The molecule has 1 fully saturated rings. The number of carbonyl (C=O) groups excluding carboxylic acids is 1. The standard InChI is InChI=1S/C11H13NO2/c13-7-9-3-1-2-4-10(9)11(14)5-6-12-8-11/h1-4,7,12,14H,5-6,8H2. The molecule has 0 amide bonds. The number of β-amino-alcohol motifs (C(OH)–C–C–N with tert-alkyl or cyclic N) is 1. The van der Waals surface area contributed by atoms with Gasteiger partial charge in [-0.1, -0.05) is 24.3 Å². The van der Waals surface area contributed by atoms with Crippen LogP contribution in [0.15, 0.2) is 24.3 Å². The zero-order chi connectivity index (χ0) is 10.0. The van der Waals surface area contributed by atoms with Crippen molar-refractivity contribution in [1.82, 2.24) is 5.32 Å². The molecule has 1 atom stereocenters. The molecular weight excluding hydrogens is 178 g/mol. The Hall–Kier alpha value is -1.19. The largest absolute Gasteiger partial charge is 0.384 e. The Morgan fingerprint density at radius 2 is 2.21 bits per heavy atom. The molecule has 1 aromatic rings. The van der Waals surface area contributed by atoms with Gasteiger partial charge in [-0.3, -0.25) is 4.79 Å². The molecule has 0 saturated carbocycles. The van der Waals surface area contributed by atoms with Gasteiger partial charge in [0.15, 0.2) is 0 Å². The summed E-state index contributed by atoms with van der Waals surface area (Å²) in [6.45, 7) is 1.32. The molecule has 1 saturated heterocycles. The minimum absolute atomic E-state index is 0.526. The number of benzene rings is 1. The van der Waals surface area contributed by atoms with Crippen LogP contribution in [0.2, 0.25) is 0 Å². The van der Waals surface area contributed by atoms with Crippen LogP contribution in [0.3, 0.4) is 0 Å². The predicted molar refractivity (Wildman–Crippen MR) is 53.2 cm³/mol. The summed E-state index contributed by atoms with van der Waals surface area (Å²) in [5.41, 5.74) is 0.455. The van der Waals surface area contributed by atoms with E-state index in [9.17, 15) is 9.90 Å². The van der Waals surface area contributed by atoms with E-state index >= 15 is 0 Å². The van der Waals surface area contributed by atoms with Crippen LogP contribution in [0.5, 0.6) is 0 Å². The first-order chi connectivity index (χ1) is 6.76. The van der Waals surface area contributed by atoms with E-state index in [1.807, 2.05) is 12.1 Å². The molecule has 1 aromatic carbocycles. The molecule has 0 bridgehead atoms. The van der Waals surface area contributed by atoms with E-state index in [0.717, 1.165) is 18.4 Å². The maximum Gasteiger partial charge on any atom is 0.150 e. The Balaban J connectivity index is 2.43. The summed E-state index contributed by atoms with van der Waals surface area (Å²) in [7, 11) is 0. The number of nitrogens with one attached hydrogen (secondary N) is 1. The lowest BCUT2D eigenvalue weighted by atomic mass is 9.89. The van der Waals surface area contributed by atoms with Gasteiger partial charge in [0.2, 0.25) is 0 Å². The van der Waals surface area contributed by atoms with Gasteiger partial charge in [0.05, 0.1) is 0 Å². The van der Waals surface area contributed by atoms with Crippen molar-refractivity contribution in [2.24, 2.45) is 0 Å². The van der Waals surface area contributed by atoms with Crippen molar-refractivity contribution >= 4 is 6.29 Å². The molecule has 3 heteroatoms. The van der Waals surface area contributed by atoms with Crippen molar-refractivity contribution in [1.29, 1.82) is 0 Å². The summed E-state index contributed by atoms with van der Waals surface area (Å²) in [4.78, 5) is 10.8. The number of hydrogen-bond donors (Lipinski definition) is 2. The second-order valence-electron chi connectivity index (χ2n) is 3.66. The molecule has 2 N–H and O–H groups in total. The average molecular weight is 191 g/mol. The second-order valence-corrected chi connectivity index (χ2v) is 3.66. The van der Waals surface area contributed by atoms with E-state index in [4.69, 9.17) is 0 Å². The van der Waals surface area contributed by atoms with Gasteiger partial charge in [-0.15, -0.1) is 0 Å². The van der Waals surface area contributed by atoms with Crippen LogP contribution in [0.1, 0.15) is 22.3 Å². The van der Waals surface area contributed by atoms with Crippen LogP contribution >= 0.6 is 0 Å². The van der Waals surface area contributed by atoms with Gasteiger partial charge in [0, 0.05) is 12.1 Å². The van der Waals surface area contributed by atoms with Gasteiger partial charge in [0.25, 0.3) is 0 Å². The van der Waals surface area contributed by atoms with Crippen LogP contribution in [-0.4, -0.2) is 24.5 Å². The van der Waals surface area contributed by atoms with Gasteiger partial charge in [-0.05, 0) is 18.5 Å². The third-order valence-electron chi connectivity index (χ3n) is 2.72. The van der Waals surface area contributed by atoms with Crippen molar-refractivity contribution in [3.05, 3.63) is 35.4 Å². The molecule has 1 aliphatic rings. The molecule has 1 heterocycles. The fourth-order valence-electron chi connectivity index (χ4n) is 1.93. The molecule has 74 valence electrons. The summed E-state index contributed by atoms with van der Waals surface area (Å²) in [6, 6.07) is 7.20. The third kappa shape index (κ3) is 1.45. The van der Waals surface area contributed by atoms with E-state index in [0.29, 0.717) is 18.5 Å². The topological polar surface area (TPSA) is 49.3 Å². The monoisotopic (exact) mass is 191 g/mol. The Morgan fingerprint density at radius 1 is 1.43 bits per heavy atom. The maximum atomic E-state index is 10.8. The first kappa shape index (κ1) is 9.37. The Morgan fingerprint density at radius 3 is 2.86 bits per heavy atom. The predicted octanol–water partition coefficient (Wildman–Crippen LogP) is 0.680. The lowest BCUT2D eigenvalue weighted by molar-refractivity contribution is 0.0576. The molecule has 1 unspecified atom stereocenters. The quantitative estimate of drug-likeness (QED) is 0.676. The summed E-state index contributed by atoms with van der Waals surface area (Å²) in [5, 5.41) is 13.3. The van der Waals surface area contributed by atoms with Crippen molar-refractivity contribution in [2.45, 2.75) is 12.0 Å². The van der Waals surface area contributed by atoms with Gasteiger partial charge in [-0.25, -0.2) is 0 Å². The van der Waals surface area contributed by atoms with E-state index in [-0.39, 0.29) is 0 Å². The van der Waals surface area contributed by atoms with Crippen LogP contribution in [0.4, 0.5) is 0 Å².